The van der Waals surface area contributed by atoms with Crippen LogP contribution in [0.5, 0.6) is 52.5 Å². The van der Waals surface area contributed by atoms with Gasteiger partial charge in [-0.25, -0.2) is 57.2 Å². The highest BCUT2D eigenvalue weighted by Gasteiger charge is 2.59. The molecule has 0 radical (unpaired) electrons. The van der Waals surface area contributed by atoms with E-state index in [2.05, 4.69) is 70.8 Å². The maximum absolute atomic E-state index is 13.7. The van der Waals surface area contributed by atoms with E-state index in [4.69, 9.17) is 57.0 Å². The van der Waals surface area contributed by atoms with Crippen molar-refractivity contribution in [3.63, 3.8) is 0 Å². The Bertz CT molecular complexity index is 5600. The number of ether oxygens (including phenoxy) is 9. The smallest absolute Gasteiger partial charge is 0.498 e. The summed E-state index contributed by atoms with van der Waals surface area (Å²) < 4.78 is 265. The third kappa shape index (κ3) is 30.7. The molecule has 2 saturated carbocycles. The second kappa shape index (κ2) is 46.8. The Morgan fingerprint density at radius 1 is 0.493 bits per heavy atom. The molecule has 3 fully saturated rings. The zero-order chi connectivity index (χ0) is 96.4. The summed E-state index contributed by atoms with van der Waals surface area (Å²) in [5.41, 5.74) is -4.16. The molecule has 134 heavy (non-hydrogen) atoms. The number of nitrogens with one attached hydrogen (secondary N) is 1. The maximum Gasteiger partial charge on any atom is 0.498 e. The number of aliphatic hydroxyl groups is 1. The number of carbonyl (C=O) groups is 1. The lowest BCUT2D eigenvalue weighted by molar-refractivity contribution is -0.143. The van der Waals surface area contributed by atoms with Crippen LogP contribution in [0, 0.1) is 62.8 Å². The van der Waals surface area contributed by atoms with E-state index in [1.807, 2.05) is 13.8 Å². The Balaban J connectivity index is 0.000000250. The van der Waals surface area contributed by atoms with Crippen molar-refractivity contribution in [3.8, 4) is 52.5 Å². The summed E-state index contributed by atoms with van der Waals surface area (Å²) in [5, 5.41) is 18.6. The number of hydrogen-bond acceptors (Lipinski definition) is 26. The van der Waals surface area contributed by atoms with Gasteiger partial charge >= 0.3 is 61.5 Å². The number of rotatable bonds is 24. The van der Waals surface area contributed by atoms with Gasteiger partial charge in [-0.3, -0.25) is 4.79 Å². The molecule has 4 atom stereocenters. The van der Waals surface area contributed by atoms with Crippen molar-refractivity contribution in [3.05, 3.63) is 264 Å². The minimum atomic E-state index is -4.77. The number of aryl methyl sites for hydroxylation is 4. The van der Waals surface area contributed by atoms with Crippen LogP contribution in [0.4, 0.5) is 70.2 Å². The van der Waals surface area contributed by atoms with E-state index in [0.717, 1.165) is 41.9 Å². The molecule has 6 aromatic heterocycles. The van der Waals surface area contributed by atoms with Gasteiger partial charge < -0.3 is 67.1 Å². The number of aromatic amines is 1. The van der Waals surface area contributed by atoms with Crippen LogP contribution in [-0.2, 0) is 74.2 Å². The number of benzene rings is 5. The number of alkyl halides is 12. The number of aromatic hydroxyl groups is 1. The van der Waals surface area contributed by atoms with E-state index < -0.39 is 117 Å². The van der Waals surface area contributed by atoms with Crippen LogP contribution in [0.1, 0.15) is 143 Å². The summed E-state index contributed by atoms with van der Waals surface area (Å²) in [6.45, 7) is 16.1. The molecule has 14 rings (SSSR count). The maximum atomic E-state index is 13.7. The van der Waals surface area contributed by atoms with Crippen molar-refractivity contribution < 1.29 is 137 Å². The SMILES string of the molecule is C.C.C.CC(=O)OC[C@@H]1C[C@@]1(COc1cnc(C)nc1C)c1cc(F)cc(F)c1.COc1ccc(COc2ncc(B3OC(C)(C)C(C)(C)O3)c(C(F)(F)F)n2)cc1.COc1ccc(COc2ncc(Br)c(C(F)(F)F)n2)cc1.COc1ccc(COc2ncc(O)c(C(F)(F)F)n2)cc1.Cc1ncc(OC[C@@]2(c3cc(F)cc(F)c3)C[C@H]2CO)c(C)n1.O=c1nccc(C(F)(F)F)[nH]1. The predicted molar refractivity (Wildman–Crippen MR) is 458 cm³/mol. The number of hydrogen-bond donors (Lipinski definition) is 3. The van der Waals surface area contributed by atoms with Gasteiger partial charge in [-0.2, -0.15) is 72.6 Å². The van der Waals surface area contributed by atoms with Crippen LogP contribution in [0.25, 0.3) is 0 Å². The highest BCUT2D eigenvalue weighted by Crippen LogP contribution is 2.56. The van der Waals surface area contributed by atoms with Crippen molar-refractivity contribution >= 4 is 34.5 Å². The highest BCUT2D eigenvalue weighted by atomic mass is 79.9. The van der Waals surface area contributed by atoms with Crippen molar-refractivity contribution in [2.24, 2.45) is 11.8 Å². The molecule has 11 aromatic rings. The molecule has 7 heterocycles. The number of methoxy groups -OCH3 is 3. The molecule has 5 aromatic carbocycles. The van der Waals surface area contributed by atoms with Crippen LogP contribution < -0.4 is 49.0 Å². The van der Waals surface area contributed by atoms with Crippen molar-refractivity contribution in [2.75, 3.05) is 47.8 Å². The number of halogens is 17. The minimum Gasteiger partial charge on any atom is -0.504 e. The normalized spacial score (nSPS) is 16.4. The fraction of sp³-hybridized carbons (Fsp3) is 0.382. The first-order valence-electron chi connectivity index (χ1n) is 38.9. The molecular formula is C89H96BBrF16N12O15. The molecule has 724 valence electrons. The Kier molecular flexibility index (Phi) is 38.5. The van der Waals surface area contributed by atoms with E-state index in [1.54, 1.807) is 146 Å². The molecule has 27 nitrogen and oxygen atoms in total. The van der Waals surface area contributed by atoms with Crippen molar-refractivity contribution in [1.82, 2.24) is 59.8 Å². The van der Waals surface area contributed by atoms with E-state index in [9.17, 15) is 84.9 Å². The quantitative estimate of drug-likeness (QED) is 0.0287. The second-order valence-corrected chi connectivity index (χ2v) is 31.1. The number of H-pyrrole nitrogens is 1. The zero-order valence-electron chi connectivity index (χ0n) is 71.6. The topological polar surface area (TPSA) is 334 Å². The summed E-state index contributed by atoms with van der Waals surface area (Å²) in [7, 11) is 3.38. The van der Waals surface area contributed by atoms with Crippen LogP contribution in [-0.4, -0.2) is 142 Å². The van der Waals surface area contributed by atoms with Crippen LogP contribution in [0.2, 0.25) is 0 Å². The van der Waals surface area contributed by atoms with Crippen molar-refractivity contribution in [2.45, 2.75) is 164 Å². The molecule has 0 bridgehead atoms. The fourth-order valence-electron chi connectivity index (χ4n) is 12.4. The van der Waals surface area contributed by atoms with Gasteiger partial charge in [0.15, 0.2) is 34.3 Å². The van der Waals surface area contributed by atoms with E-state index in [0.29, 0.717) is 93.6 Å². The first-order chi connectivity index (χ1) is 61.5. The van der Waals surface area contributed by atoms with Gasteiger partial charge in [0.2, 0.25) is 0 Å². The summed E-state index contributed by atoms with van der Waals surface area (Å²) in [6.07, 6.45) is -10.7. The molecule has 0 unspecified atom stereocenters. The largest absolute Gasteiger partial charge is 0.504 e. The van der Waals surface area contributed by atoms with Crippen LogP contribution in [0.15, 0.2) is 162 Å². The number of esters is 1. The van der Waals surface area contributed by atoms with Gasteiger partial charge in [-0.05, 0) is 185 Å². The molecule has 1 saturated heterocycles. The summed E-state index contributed by atoms with van der Waals surface area (Å²) in [4.78, 5) is 63.9. The molecule has 45 heteroatoms. The fourth-order valence-corrected chi connectivity index (χ4v) is 12.8. The molecule has 0 spiro atoms. The first kappa shape index (κ1) is 110. The summed E-state index contributed by atoms with van der Waals surface area (Å²) in [5.74, 6) is 0.213. The Labute approximate surface area is 768 Å². The van der Waals surface area contributed by atoms with Gasteiger partial charge in [0.25, 0.3) is 0 Å². The molecule has 1 aliphatic heterocycles. The lowest BCUT2D eigenvalue weighted by atomic mass is 9.78. The Morgan fingerprint density at radius 3 is 1.22 bits per heavy atom. The van der Waals surface area contributed by atoms with Gasteiger partial charge in [0.05, 0.1) is 86.8 Å². The zero-order valence-corrected chi connectivity index (χ0v) is 73.2. The third-order valence-electron chi connectivity index (χ3n) is 20.3. The molecule has 2 aliphatic carbocycles. The molecular weight excluding hydrogens is 1870 g/mol. The van der Waals surface area contributed by atoms with E-state index in [1.165, 1.54) is 38.3 Å². The van der Waals surface area contributed by atoms with Crippen molar-refractivity contribution in [1.29, 1.82) is 0 Å². The lowest BCUT2D eigenvalue weighted by Gasteiger charge is -2.32. The number of aromatic nitrogens is 12. The molecule has 0 amide bonds. The van der Waals surface area contributed by atoms with Gasteiger partial charge in [0.1, 0.15) is 77.7 Å². The van der Waals surface area contributed by atoms with Gasteiger partial charge in [-0.1, -0.05) is 58.7 Å². The first-order valence-corrected chi connectivity index (χ1v) is 39.7. The lowest BCUT2D eigenvalue weighted by Crippen LogP contribution is -2.41. The predicted octanol–water partition coefficient (Wildman–Crippen LogP) is 18.7. The number of nitrogens with zero attached hydrogens (tertiary/aromatic N) is 11. The van der Waals surface area contributed by atoms with E-state index >= 15 is 0 Å². The highest BCUT2D eigenvalue weighted by molar-refractivity contribution is 9.10. The van der Waals surface area contributed by atoms with Crippen LogP contribution in [0.3, 0.4) is 0 Å². The van der Waals surface area contributed by atoms with E-state index in [-0.39, 0.29) is 108 Å². The second-order valence-electron chi connectivity index (χ2n) is 30.2. The van der Waals surface area contributed by atoms with Gasteiger partial charge in [-0.15, -0.1) is 0 Å². The average Bonchev–Trinajstić information content (AvgIpc) is 1.58. The molecule has 3 N–H and O–H groups in total. The van der Waals surface area contributed by atoms with Gasteiger partial charge in [0, 0.05) is 66.5 Å². The average molecular weight is 1970 g/mol. The summed E-state index contributed by atoms with van der Waals surface area (Å²) >= 11 is 2.76. The third-order valence-corrected chi connectivity index (χ3v) is 20.8. The number of carbonyl (C=O) groups excluding carboxylic acids is 1. The Hall–Kier alpha value is -12.6. The van der Waals surface area contributed by atoms with Crippen LogP contribution >= 0.6 is 15.9 Å². The standard InChI is InChI=1S/C19H22BF3N2O4.C19H20F2N2O3.C17H18F2N2O2.C13H10BrF3N2O2.C13H11F3N2O3.C5H3F3N2O.3CH4/c1-17(2)18(3,4)29-20(28-17)14-10-24-16(25-15(14)19(21,22)23)27-11-12-6-8-13(26-5)9-7-12;1-11-18(8-22-12(2)23-11)26-10-19(7-15(19)9-25-13(3)24)14-4-16(20)6-17(21)5-14;1-10-16(7-20-11(2)21-10)23-9-17(6-13(17)8-22)12-3-14(18)5-15(19)4-12;1-20-9-4-2-8(3-5-9)7-21-12-18-6-10(14)11(19-12)13(15,16)17;1-20-9-4-2-8(3-5-9)7-21-12-17-6-10(19)11(18-12)13(14,15)16;6-5(7,8)3-1-2-9-4(11)10-3;;;/h6-10H,11H2,1-5H3;4-6,8,15H,7,9-10H2,1-3H3;3-5,7,13,22H,6,8-9H2,1-2H3;2-6H,7H2,1H3;2-6,19H,7H2,1H3;1-2H,(H,9,10,11);3*1H4/t;15-,19+;13-,17+;;;;;;/m.00....../s1. The molecule has 3 aliphatic rings. The Morgan fingerprint density at radius 2 is 0.866 bits per heavy atom. The number of aliphatic hydroxyl groups excluding tert-OH is 1. The monoisotopic (exact) mass is 1970 g/mol. The minimum absolute atomic E-state index is 0. The summed E-state index contributed by atoms with van der Waals surface area (Å²) in [6, 6.07) is 27.0.